The van der Waals surface area contributed by atoms with Crippen molar-refractivity contribution in [1.29, 1.82) is 0 Å². The van der Waals surface area contributed by atoms with Crippen LogP contribution < -0.4 is 0 Å². The van der Waals surface area contributed by atoms with Gasteiger partial charge >= 0.3 is 0 Å². The zero-order valence-electron chi connectivity index (χ0n) is 16.6. The summed E-state index contributed by atoms with van der Waals surface area (Å²) in [5.74, 6) is 0.0301. The maximum Gasteiger partial charge on any atom is 0.295 e. The third-order valence-electron chi connectivity index (χ3n) is 5.24. The minimum absolute atomic E-state index is 0.0301. The Kier molecular flexibility index (Phi) is 6.78. The molecule has 2 atom stereocenters. The van der Waals surface area contributed by atoms with Crippen LogP contribution in [0.2, 0.25) is 5.02 Å². The van der Waals surface area contributed by atoms with Crippen LogP contribution in [0.15, 0.2) is 54.6 Å². The molecule has 1 saturated heterocycles. The van der Waals surface area contributed by atoms with Gasteiger partial charge in [-0.2, -0.15) is 12.7 Å². The lowest BCUT2D eigenvalue weighted by atomic mass is 9.89. The first kappa shape index (κ1) is 21.3. The Morgan fingerprint density at radius 3 is 2.25 bits per heavy atom. The first-order chi connectivity index (χ1) is 13.4. The van der Waals surface area contributed by atoms with E-state index in [-0.39, 0.29) is 12.0 Å². The summed E-state index contributed by atoms with van der Waals surface area (Å²) in [4.78, 5) is 0. The molecule has 1 heterocycles. The predicted molar refractivity (Wildman–Crippen MR) is 114 cm³/mol. The van der Waals surface area contributed by atoms with Crippen molar-refractivity contribution >= 4 is 21.8 Å². The third-order valence-corrected chi connectivity index (χ3v) is 7.57. The Hall–Kier alpha value is -1.44. The molecule has 0 radical (unpaired) electrons. The van der Waals surface area contributed by atoms with E-state index in [9.17, 15) is 8.42 Å². The summed E-state index contributed by atoms with van der Waals surface area (Å²) in [5.41, 5.74) is 2.07. The smallest absolute Gasteiger partial charge is 0.229 e. The minimum atomic E-state index is -3.65. The van der Waals surface area contributed by atoms with Crippen molar-refractivity contribution in [1.82, 2.24) is 13.7 Å². The molecule has 152 valence electrons. The molecule has 2 unspecified atom stereocenters. The average molecular weight is 422 g/mol. The zero-order chi connectivity index (χ0) is 20.3. The zero-order valence-corrected chi connectivity index (χ0v) is 18.2. The van der Waals surface area contributed by atoms with Gasteiger partial charge in [0.1, 0.15) is 0 Å². The highest BCUT2D eigenvalue weighted by molar-refractivity contribution is 7.86. The van der Waals surface area contributed by atoms with Crippen molar-refractivity contribution in [2.75, 3.05) is 26.7 Å². The van der Waals surface area contributed by atoms with Crippen LogP contribution in [0.5, 0.6) is 0 Å². The van der Waals surface area contributed by atoms with Crippen LogP contribution in [0.4, 0.5) is 0 Å². The molecule has 0 bridgehead atoms. The van der Waals surface area contributed by atoms with Crippen LogP contribution in [0, 0.1) is 0 Å². The van der Waals surface area contributed by atoms with Crippen LogP contribution in [0.3, 0.4) is 0 Å². The highest BCUT2D eigenvalue weighted by atomic mass is 35.5. The summed E-state index contributed by atoms with van der Waals surface area (Å²) in [6.07, 6.45) is 0.776. The molecule has 1 aliphatic rings. The number of hydrogen-bond acceptors (Lipinski definition) is 3. The Morgan fingerprint density at radius 2 is 1.68 bits per heavy atom. The highest BCUT2D eigenvalue weighted by Crippen LogP contribution is 2.44. The maximum atomic E-state index is 13.6. The van der Waals surface area contributed by atoms with Gasteiger partial charge in [-0.15, -0.1) is 4.41 Å². The second-order valence-corrected chi connectivity index (χ2v) is 9.35. The van der Waals surface area contributed by atoms with Crippen LogP contribution >= 0.6 is 11.6 Å². The summed E-state index contributed by atoms with van der Waals surface area (Å²) in [7, 11) is -1.80. The fourth-order valence-corrected chi connectivity index (χ4v) is 6.04. The lowest BCUT2D eigenvalue weighted by Crippen LogP contribution is -2.48. The van der Waals surface area contributed by atoms with Crippen LogP contribution in [-0.4, -0.2) is 48.8 Å². The van der Waals surface area contributed by atoms with E-state index in [4.69, 9.17) is 11.6 Å². The Bertz CT molecular complexity index is 874. The van der Waals surface area contributed by atoms with Gasteiger partial charge in [-0.25, -0.2) is 5.01 Å². The second kappa shape index (κ2) is 8.93. The number of rotatable bonds is 7. The molecule has 0 spiro atoms. The van der Waals surface area contributed by atoms with Crippen molar-refractivity contribution in [3.63, 3.8) is 0 Å². The normalized spacial score (nSPS) is 21.5. The number of hydrazine groups is 1. The molecule has 7 heteroatoms. The van der Waals surface area contributed by atoms with Gasteiger partial charge in [0.15, 0.2) is 0 Å². The molecule has 2 aromatic carbocycles. The molecule has 0 aromatic heterocycles. The molecule has 0 saturated carbocycles. The predicted octanol–water partition coefficient (Wildman–Crippen LogP) is 4.30. The number of likely N-dealkylation sites (N-methyl/N-ethyl adjacent to an activating group) is 1. The highest BCUT2D eigenvalue weighted by Gasteiger charge is 2.47. The van der Waals surface area contributed by atoms with Gasteiger partial charge in [-0.05, 0) is 29.7 Å². The molecule has 28 heavy (non-hydrogen) atoms. The van der Waals surface area contributed by atoms with E-state index in [2.05, 4.69) is 12.1 Å². The topological polar surface area (TPSA) is 43.9 Å². The molecule has 0 amide bonds. The lowest BCUT2D eigenvalue weighted by molar-refractivity contribution is 0.113. The third kappa shape index (κ3) is 4.11. The molecule has 0 aliphatic carbocycles. The van der Waals surface area contributed by atoms with Crippen molar-refractivity contribution in [3.05, 3.63) is 70.7 Å². The minimum Gasteiger partial charge on any atom is -0.229 e. The molecule has 5 nitrogen and oxygen atoms in total. The molecule has 2 aromatic rings. The fourth-order valence-electron chi connectivity index (χ4n) is 3.96. The molecule has 1 aliphatic heterocycles. The number of halogens is 1. The van der Waals surface area contributed by atoms with E-state index >= 15 is 0 Å². The van der Waals surface area contributed by atoms with Gasteiger partial charge in [0.05, 0.1) is 6.04 Å². The summed E-state index contributed by atoms with van der Waals surface area (Å²) >= 11 is 6.09. The SMILES string of the molecule is CCCN(CC)S(=O)(=O)N1C(c2ccc(Cl)cc2)C(c2ccccc2)CN1C. The molecular weight excluding hydrogens is 394 g/mol. The average Bonchev–Trinajstić information content (AvgIpc) is 3.05. The van der Waals surface area contributed by atoms with E-state index in [1.807, 2.05) is 68.4 Å². The largest absolute Gasteiger partial charge is 0.295 e. The van der Waals surface area contributed by atoms with Crippen LogP contribution in [0.25, 0.3) is 0 Å². The standard InChI is InChI=1S/C21H28ClN3O2S/c1-4-15-24(5-2)28(26,27)25-21(18-11-13-19(22)14-12-18)20(16-23(25)3)17-9-7-6-8-10-17/h6-14,20-21H,4-5,15-16H2,1-3H3. The van der Waals surface area contributed by atoms with Crippen molar-refractivity contribution < 1.29 is 8.42 Å². The summed E-state index contributed by atoms with van der Waals surface area (Å²) < 4.78 is 30.3. The number of nitrogens with zero attached hydrogens (tertiary/aromatic N) is 3. The fraction of sp³-hybridized carbons (Fsp3) is 0.429. The van der Waals surface area contributed by atoms with Gasteiger partial charge in [-0.3, -0.25) is 0 Å². The molecular formula is C21H28ClN3O2S. The Morgan fingerprint density at radius 1 is 1.04 bits per heavy atom. The Balaban J connectivity index is 2.10. The molecule has 3 rings (SSSR count). The van der Waals surface area contributed by atoms with E-state index < -0.39 is 10.2 Å². The second-order valence-electron chi connectivity index (χ2n) is 7.13. The van der Waals surface area contributed by atoms with Crippen LogP contribution in [0.1, 0.15) is 43.4 Å². The number of hydrogen-bond donors (Lipinski definition) is 0. The molecule has 1 fully saturated rings. The van der Waals surface area contributed by atoms with E-state index in [1.165, 1.54) is 0 Å². The van der Waals surface area contributed by atoms with Crippen molar-refractivity contribution in [3.8, 4) is 0 Å². The summed E-state index contributed by atoms with van der Waals surface area (Å²) in [5, 5.41) is 2.48. The van der Waals surface area contributed by atoms with Gasteiger partial charge in [0, 0.05) is 37.6 Å². The van der Waals surface area contributed by atoms with E-state index in [0.29, 0.717) is 24.7 Å². The first-order valence-electron chi connectivity index (χ1n) is 9.71. The van der Waals surface area contributed by atoms with E-state index in [1.54, 1.807) is 8.72 Å². The van der Waals surface area contributed by atoms with Gasteiger partial charge in [-0.1, -0.05) is 67.9 Å². The monoisotopic (exact) mass is 421 g/mol. The first-order valence-corrected chi connectivity index (χ1v) is 11.5. The number of benzene rings is 2. The van der Waals surface area contributed by atoms with Gasteiger partial charge < -0.3 is 0 Å². The van der Waals surface area contributed by atoms with Crippen LogP contribution in [-0.2, 0) is 10.2 Å². The van der Waals surface area contributed by atoms with Crippen molar-refractivity contribution in [2.45, 2.75) is 32.2 Å². The summed E-state index contributed by atoms with van der Waals surface area (Å²) in [6, 6.07) is 17.3. The van der Waals surface area contributed by atoms with Gasteiger partial charge in [0.25, 0.3) is 10.2 Å². The van der Waals surface area contributed by atoms with E-state index in [0.717, 1.165) is 17.5 Å². The quantitative estimate of drug-likeness (QED) is 0.669. The Labute approximate surface area is 173 Å². The summed E-state index contributed by atoms with van der Waals surface area (Å²) in [6.45, 7) is 5.46. The maximum absolute atomic E-state index is 13.6. The lowest BCUT2D eigenvalue weighted by Gasteiger charge is -2.34. The van der Waals surface area contributed by atoms with Gasteiger partial charge in [0.2, 0.25) is 0 Å². The van der Waals surface area contributed by atoms with Crippen molar-refractivity contribution in [2.24, 2.45) is 0 Å². The molecule has 0 N–H and O–H groups in total.